The summed E-state index contributed by atoms with van der Waals surface area (Å²) in [7, 11) is 0. The van der Waals surface area contributed by atoms with Gasteiger partial charge in [-0.25, -0.2) is 0 Å². The fraction of sp³-hybridized carbons (Fsp3) is 0.286. The summed E-state index contributed by atoms with van der Waals surface area (Å²) in [5.74, 6) is -0.388. The van der Waals surface area contributed by atoms with Gasteiger partial charge < -0.3 is 10.2 Å². The van der Waals surface area contributed by atoms with E-state index in [1.807, 2.05) is 48.5 Å². The van der Waals surface area contributed by atoms with Crippen LogP contribution in [-0.2, 0) is 29.0 Å². The maximum Gasteiger partial charge on any atom is 0.243 e. The van der Waals surface area contributed by atoms with E-state index in [0.29, 0.717) is 33.6 Å². The number of benzene rings is 3. The van der Waals surface area contributed by atoms with Crippen LogP contribution in [0.4, 0.5) is 0 Å². The Morgan fingerprint density at radius 1 is 0.886 bits per heavy atom. The third kappa shape index (κ3) is 8.28. The first-order valence-corrected chi connectivity index (χ1v) is 12.8. The minimum absolute atomic E-state index is 0.0457. The summed E-state index contributed by atoms with van der Waals surface area (Å²) in [6.45, 7) is 2.87. The van der Waals surface area contributed by atoms with Gasteiger partial charge in [0.2, 0.25) is 11.8 Å². The predicted octanol–water partition coefficient (Wildman–Crippen LogP) is 6.75. The minimum atomic E-state index is -0.702. The number of nitrogens with zero attached hydrogens (tertiary/aromatic N) is 1. The van der Waals surface area contributed by atoms with E-state index in [1.54, 1.807) is 29.2 Å². The molecule has 3 aromatic carbocycles. The van der Waals surface area contributed by atoms with Gasteiger partial charge in [-0.3, -0.25) is 9.59 Å². The second-order valence-electron chi connectivity index (χ2n) is 8.41. The summed E-state index contributed by atoms with van der Waals surface area (Å²) in [4.78, 5) is 28.8. The molecule has 0 bridgehead atoms. The zero-order valence-corrected chi connectivity index (χ0v) is 21.9. The molecule has 35 heavy (non-hydrogen) atoms. The monoisotopic (exact) mass is 530 g/mol. The third-order valence-electron chi connectivity index (χ3n) is 5.70. The molecule has 4 nitrogen and oxygen atoms in total. The lowest BCUT2D eigenvalue weighted by Gasteiger charge is -2.32. The van der Waals surface area contributed by atoms with Gasteiger partial charge >= 0.3 is 0 Å². The molecule has 3 rings (SSSR count). The topological polar surface area (TPSA) is 49.4 Å². The highest BCUT2D eigenvalue weighted by molar-refractivity contribution is 6.35. The number of unbranched alkanes of at least 4 members (excludes halogenated alkanes) is 1. The van der Waals surface area contributed by atoms with E-state index in [4.69, 9.17) is 34.8 Å². The molecule has 1 atom stereocenters. The number of hydrogen-bond acceptors (Lipinski definition) is 2. The highest BCUT2D eigenvalue weighted by Gasteiger charge is 2.30. The van der Waals surface area contributed by atoms with E-state index in [9.17, 15) is 9.59 Å². The van der Waals surface area contributed by atoms with E-state index < -0.39 is 6.04 Å². The van der Waals surface area contributed by atoms with Gasteiger partial charge in [-0.2, -0.15) is 0 Å². The van der Waals surface area contributed by atoms with Crippen molar-refractivity contribution >= 4 is 46.6 Å². The van der Waals surface area contributed by atoms with E-state index in [1.165, 1.54) is 0 Å². The Morgan fingerprint density at radius 3 is 2.29 bits per heavy atom. The molecule has 0 heterocycles. The van der Waals surface area contributed by atoms with E-state index in [2.05, 4.69) is 12.2 Å². The molecule has 184 valence electrons. The number of amides is 2. The Morgan fingerprint density at radius 2 is 1.60 bits per heavy atom. The van der Waals surface area contributed by atoms with Crippen LogP contribution in [-0.4, -0.2) is 29.3 Å². The third-order valence-corrected chi connectivity index (χ3v) is 6.52. The Bertz CT molecular complexity index is 1140. The second kappa shape index (κ2) is 13.5. The molecular formula is C28H29Cl3N2O2. The molecule has 7 heteroatoms. The van der Waals surface area contributed by atoms with Crippen molar-refractivity contribution in [3.05, 3.63) is 105 Å². The maximum atomic E-state index is 13.7. The lowest BCUT2D eigenvalue weighted by atomic mass is 10.0. The average Bonchev–Trinajstić information content (AvgIpc) is 2.84. The SMILES string of the molecule is CCCCNC(=O)C(Cc1ccccc1)N(Cc1cccc(Cl)c1)C(=O)Cc1ccc(Cl)cc1Cl. The molecule has 0 fully saturated rings. The van der Waals surface area contributed by atoms with Crippen LogP contribution in [0.1, 0.15) is 36.5 Å². The number of carbonyl (C=O) groups excluding carboxylic acids is 2. The first-order chi connectivity index (χ1) is 16.9. The summed E-state index contributed by atoms with van der Waals surface area (Å²) in [6.07, 6.45) is 2.26. The van der Waals surface area contributed by atoms with Gasteiger partial charge in [-0.05, 0) is 47.4 Å². The molecular weight excluding hydrogens is 503 g/mol. The number of nitrogens with one attached hydrogen (secondary N) is 1. The van der Waals surface area contributed by atoms with Crippen molar-refractivity contribution in [2.45, 2.75) is 45.2 Å². The van der Waals surface area contributed by atoms with Gasteiger partial charge in [0, 0.05) is 34.6 Å². The van der Waals surface area contributed by atoms with Crippen LogP contribution in [0, 0.1) is 0 Å². The molecule has 0 aliphatic rings. The molecule has 0 spiro atoms. The highest BCUT2D eigenvalue weighted by Crippen LogP contribution is 2.24. The van der Waals surface area contributed by atoms with Crippen molar-refractivity contribution in [1.82, 2.24) is 10.2 Å². The van der Waals surface area contributed by atoms with Gasteiger partial charge in [-0.1, -0.05) is 96.7 Å². The maximum absolute atomic E-state index is 13.7. The quantitative estimate of drug-likeness (QED) is 0.278. The zero-order valence-electron chi connectivity index (χ0n) is 19.6. The van der Waals surface area contributed by atoms with Gasteiger partial charge in [-0.15, -0.1) is 0 Å². The van der Waals surface area contributed by atoms with Crippen molar-refractivity contribution in [2.75, 3.05) is 6.54 Å². The Labute approximate surface area is 222 Å². The van der Waals surface area contributed by atoms with Gasteiger partial charge in [0.25, 0.3) is 0 Å². The smallest absolute Gasteiger partial charge is 0.243 e. The predicted molar refractivity (Wildman–Crippen MR) is 144 cm³/mol. The van der Waals surface area contributed by atoms with Crippen molar-refractivity contribution < 1.29 is 9.59 Å². The lowest BCUT2D eigenvalue weighted by Crippen LogP contribution is -2.51. The van der Waals surface area contributed by atoms with Crippen molar-refractivity contribution in [1.29, 1.82) is 0 Å². The fourth-order valence-corrected chi connectivity index (χ4v) is 4.51. The van der Waals surface area contributed by atoms with Gasteiger partial charge in [0.15, 0.2) is 0 Å². The van der Waals surface area contributed by atoms with Crippen LogP contribution in [0.5, 0.6) is 0 Å². The van der Waals surface area contributed by atoms with Crippen LogP contribution < -0.4 is 5.32 Å². The minimum Gasteiger partial charge on any atom is -0.354 e. The van der Waals surface area contributed by atoms with Crippen LogP contribution in [0.15, 0.2) is 72.8 Å². The molecule has 3 aromatic rings. The number of hydrogen-bond donors (Lipinski definition) is 1. The van der Waals surface area contributed by atoms with Gasteiger partial charge in [0.1, 0.15) is 6.04 Å². The van der Waals surface area contributed by atoms with Crippen molar-refractivity contribution in [3.63, 3.8) is 0 Å². The molecule has 1 N–H and O–H groups in total. The standard InChI is InChI=1S/C28H29Cl3N2O2/c1-2-3-14-32-28(35)26(16-20-8-5-4-6-9-20)33(19-21-10-7-11-23(29)15-21)27(34)17-22-12-13-24(30)18-25(22)31/h4-13,15,18,26H,2-3,14,16-17,19H2,1H3,(H,32,35). The van der Waals surface area contributed by atoms with Crippen molar-refractivity contribution in [2.24, 2.45) is 0 Å². The van der Waals surface area contributed by atoms with Crippen molar-refractivity contribution in [3.8, 4) is 0 Å². The van der Waals surface area contributed by atoms with E-state index in [0.717, 1.165) is 24.0 Å². The number of rotatable bonds is 11. The zero-order chi connectivity index (χ0) is 25.2. The van der Waals surface area contributed by atoms with Crippen LogP contribution >= 0.6 is 34.8 Å². The molecule has 0 aliphatic carbocycles. The first-order valence-electron chi connectivity index (χ1n) is 11.7. The Hall–Kier alpha value is -2.53. The molecule has 0 aromatic heterocycles. The fourth-order valence-electron chi connectivity index (χ4n) is 3.82. The van der Waals surface area contributed by atoms with Crippen LogP contribution in [0.2, 0.25) is 15.1 Å². The van der Waals surface area contributed by atoms with E-state index in [-0.39, 0.29) is 24.8 Å². The molecule has 2 amide bonds. The first kappa shape index (κ1) is 27.1. The van der Waals surface area contributed by atoms with Crippen LogP contribution in [0.25, 0.3) is 0 Å². The molecule has 0 radical (unpaired) electrons. The summed E-state index contributed by atoms with van der Waals surface area (Å²) in [5.41, 5.74) is 2.46. The van der Waals surface area contributed by atoms with E-state index >= 15 is 0 Å². The number of halogens is 3. The molecule has 1 unspecified atom stereocenters. The molecule has 0 aliphatic heterocycles. The Kier molecular flexibility index (Phi) is 10.5. The summed E-state index contributed by atoms with van der Waals surface area (Å²) < 4.78 is 0. The number of carbonyl (C=O) groups is 2. The lowest BCUT2D eigenvalue weighted by molar-refractivity contribution is -0.140. The summed E-state index contributed by atoms with van der Waals surface area (Å²) >= 11 is 18.6. The van der Waals surface area contributed by atoms with Crippen LogP contribution in [0.3, 0.4) is 0 Å². The highest BCUT2D eigenvalue weighted by atomic mass is 35.5. The molecule has 0 saturated carbocycles. The second-order valence-corrected chi connectivity index (χ2v) is 9.69. The largest absolute Gasteiger partial charge is 0.354 e. The van der Waals surface area contributed by atoms with Gasteiger partial charge in [0.05, 0.1) is 6.42 Å². The normalized spacial score (nSPS) is 11.7. The summed E-state index contributed by atoms with van der Waals surface area (Å²) in [5, 5.41) is 4.51. The summed E-state index contributed by atoms with van der Waals surface area (Å²) in [6, 6.07) is 21.4. The molecule has 0 saturated heterocycles. The average molecular weight is 532 g/mol. The Balaban J connectivity index is 1.96.